The zero-order chi connectivity index (χ0) is 18.8. The SMILES string of the molecule is O=C(C1CCCO1)N1CCN(c2ccc3c(=O)n(CCO)cnc3c2)CC1. The monoisotopic (exact) mass is 372 g/mol. The quantitative estimate of drug-likeness (QED) is 0.826. The highest BCUT2D eigenvalue weighted by molar-refractivity contribution is 5.82. The molecule has 1 atom stereocenters. The van der Waals surface area contributed by atoms with Gasteiger partial charge in [-0.3, -0.25) is 14.2 Å². The molecule has 1 N–H and O–H groups in total. The Labute approximate surface area is 157 Å². The molecule has 8 heteroatoms. The number of benzene rings is 1. The molecule has 0 radical (unpaired) electrons. The molecule has 1 unspecified atom stereocenters. The van der Waals surface area contributed by atoms with Gasteiger partial charge in [-0.25, -0.2) is 4.98 Å². The van der Waals surface area contributed by atoms with Gasteiger partial charge in [-0.2, -0.15) is 0 Å². The van der Waals surface area contributed by atoms with Crippen LogP contribution in [-0.4, -0.2) is 71.0 Å². The summed E-state index contributed by atoms with van der Waals surface area (Å²) in [6.45, 7) is 3.65. The fourth-order valence-electron chi connectivity index (χ4n) is 3.77. The standard InChI is InChI=1S/C19H24N4O4/c24-10-9-23-13-20-16-12-14(3-4-15(16)18(23)25)21-5-7-22(8-6-21)19(26)17-2-1-11-27-17/h3-4,12-13,17,24H,1-2,5-11H2. The molecule has 2 aromatic rings. The van der Waals surface area contributed by atoms with E-state index in [9.17, 15) is 9.59 Å². The lowest BCUT2D eigenvalue weighted by atomic mass is 10.1. The Morgan fingerprint density at radius 3 is 2.78 bits per heavy atom. The molecular weight excluding hydrogens is 348 g/mol. The Bertz CT molecular complexity index is 883. The first kappa shape index (κ1) is 17.9. The number of hydrogen-bond acceptors (Lipinski definition) is 6. The van der Waals surface area contributed by atoms with Gasteiger partial charge in [-0.1, -0.05) is 0 Å². The van der Waals surface area contributed by atoms with E-state index < -0.39 is 0 Å². The third kappa shape index (κ3) is 3.54. The number of carbonyl (C=O) groups is 1. The van der Waals surface area contributed by atoms with Crippen LogP contribution in [0.2, 0.25) is 0 Å². The van der Waals surface area contributed by atoms with Crippen molar-refractivity contribution in [3.05, 3.63) is 34.9 Å². The fraction of sp³-hybridized carbons (Fsp3) is 0.526. The number of aliphatic hydroxyl groups excluding tert-OH is 1. The van der Waals surface area contributed by atoms with Crippen molar-refractivity contribution < 1.29 is 14.6 Å². The molecule has 144 valence electrons. The third-order valence-electron chi connectivity index (χ3n) is 5.31. The first-order valence-corrected chi connectivity index (χ1v) is 9.43. The molecule has 2 fully saturated rings. The third-order valence-corrected chi connectivity index (χ3v) is 5.31. The molecule has 3 heterocycles. The maximum Gasteiger partial charge on any atom is 0.261 e. The summed E-state index contributed by atoms with van der Waals surface area (Å²) in [4.78, 5) is 33.3. The van der Waals surface area contributed by atoms with E-state index in [-0.39, 0.29) is 30.7 Å². The number of rotatable bonds is 4. The Kier molecular flexibility index (Phi) is 5.09. The van der Waals surface area contributed by atoms with Crippen LogP contribution in [0.15, 0.2) is 29.3 Å². The number of hydrogen-bond donors (Lipinski definition) is 1. The summed E-state index contributed by atoms with van der Waals surface area (Å²) >= 11 is 0. The molecule has 1 amide bonds. The molecule has 2 saturated heterocycles. The summed E-state index contributed by atoms with van der Waals surface area (Å²) in [5.74, 6) is 0.108. The van der Waals surface area contributed by atoms with Crippen molar-refractivity contribution in [2.24, 2.45) is 0 Å². The van der Waals surface area contributed by atoms with Crippen LogP contribution in [-0.2, 0) is 16.1 Å². The van der Waals surface area contributed by atoms with Crippen molar-refractivity contribution in [3.63, 3.8) is 0 Å². The zero-order valence-corrected chi connectivity index (χ0v) is 15.2. The second-order valence-electron chi connectivity index (χ2n) is 6.98. The zero-order valence-electron chi connectivity index (χ0n) is 15.2. The van der Waals surface area contributed by atoms with Crippen molar-refractivity contribution >= 4 is 22.5 Å². The number of nitrogens with zero attached hydrogens (tertiary/aromatic N) is 4. The maximum atomic E-state index is 12.5. The smallest absolute Gasteiger partial charge is 0.261 e. The van der Waals surface area contributed by atoms with Gasteiger partial charge in [0.1, 0.15) is 6.10 Å². The topological polar surface area (TPSA) is 87.9 Å². The van der Waals surface area contributed by atoms with Gasteiger partial charge in [0.05, 0.1) is 30.4 Å². The van der Waals surface area contributed by atoms with Crippen LogP contribution < -0.4 is 10.5 Å². The largest absolute Gasteiger partial charge is 0.395 e. The first-order valence-electron chi connectivity index (χ1n) is 9.43. The minimum atomic E-state index is -0.262. The van der Waals surface area contributed by atoms with Crippen molar-refractivity contribution in [2.45, 2.75) is 25.5 Å². The number of aliphatic hydroxyl groups is 1. The van der Waals surface area contributed by atoms with Gasteiger partial charge in [-0.05, 0) is 31.0 Å². The second kappa shape index (κ2) is 7.66. The van der Waals surface area contributed by atoms with Gasteiger partial charge < -0.3 is 19.6 Å². The summed E-state index contributed by atoms with van der Waals surface area (Å²) in [7, 11) is 0. The predicted molar refractivity (Wildman–Crippen MR) is 101 cm³/mol. The molecule has 0 bridgehead atoms. The molecule has 8 nitrogen and oxygen atoms in total. The lowest BCUT2D eigenvalue weighted by Crippen LogP contribution is -2.51. The highest BCUT2D eigenvalue weighted by atomic mass is 16.5. The Balaban J connectivity index is 1.46. The fourth-order valence-corrected chi connectivity index (χ4v) is 3.77. The molecule has 2 aliphatic heterocycles. The molecule has 0 aliphatic carbocycles. The van der Waals surface area contributed by atoms with Crippen LogP contribution in [0.3, 0.4) is 0 Å². The Morgan fingerprint density at radius 2 is 2.07 bits per heavy atom. The number of ether oxygens (including phenoxy) is 1. The van der Waals surface area contributed by atoms with E-state index in [1.807, 2.05) is 17.0 Å². The van der Waals surface area contributed by atoms with Gasteiger partial charge in [-0.15, -0.1) is 0 Å². The molecule has 0 saturated carbocycles. The summed E-state index contributed by atoms with van der Waals surface area (Å²) in [5.41, 5.74) is 1.50. The van der Waals surface area contributed by atoms with E-state index in [0.717, 1.165) is 31.6 Å². The number of anilines is 1. The van der Waals surface area contributed by atoms with Gasteiger partial charge in [0, 0.05) is 38.5 Å². The van der Waals surface area contributed by atoms with E-state index in [1.165, 1.54) is 10.9 Å². The van der Waals surface area contributed by atoms with E-state index in [2.05, 4.69) is 9.88 Å². The maximum absolute atomic E-state index is 12.5. The summed E-state index contributed by atoms with van der Waals surface area (Å²) in [6, 6.07) is 5.63. The van der Waals surface area contributed by atoms with Crippen molar-refractivity contribution in [3.8, 4) is 0 Å². The van der Waals surface area contributed by atoms with Crippen LogP contribution in [0.4, 0.5) is 5.69 Å². The van der Waals surface area contributed by atoms with E-state index >= 15 is 0 Å². The molecule has 1 aromatic heterocycles. The molecule has 0 spiro atoms. The lowest BCUT2D eigenvalue weighted by Gasteiger charge is -2.37. The minimum Gasteiger partial charge on any atom is -0.395 e. The summed E-state index contributed by atoms with van der Waals surface area (Å²) in [6.07, 6.45) is 2.99. The number of fused-ring (bicyclic) bond motifs is 1. The van der Waals surface area contributed by atoms with Crippen LogP contribution in [0, 0.1) is 0 Å². The normalized spacial score (nSPS) is 20.4. The molecule has 2 aliphatic rings. The number of carbonyl (C=O) groups excluding carboxylic acids is 1. The number of piperazine rings is 1. The molecule has 1 aromatic carbocycles. The van der Waals surface area contributed by atoms with E-state index in [4.69, 9.17) is 9.84 Å². The van der Waals surface area contributed by atoms with Gasteiger partial charge >= 0.3 is 0 Å². The first-order chi connectivity index (χ1) is 13.2. The van der Waals surface area contributed by atoms with Crippen molar-refractivity contribution in [1.29, 1.82) is 0 Å². The second-order valence-corrected chi connectivity index (χ2v) is 6.98. The number of amides is 1. The Morgan fingerprint density at radius 1 is 1.26 bits per heavy atom. The van der Waals surface area contributed by atoms with E-state index in [1.54, 1.807) is 6.07 Å². The van der Waals surface area contributed by atoms with Crippen molar-refractivity contribution in [1.82, 2.24) is 14.5 Å². The van der Waals surface area contributed by atoms with Crippen LogP contribution in [0.25, 0.3) is 10.9 Å². The molecular formula is C19H24N4O4. The highest BCUT2D eigenvalue weighted by Crippen LogP contribution is 2.22. The van der Waals surface area contributed by atoms with Crippen LogP contribution in [0.1, 0.15) is 12.8 Å². The van der Waals surface area contributed by atoms with Gasteiger partial charge in [0.15, 0.2) is 0 Å². The average molecular weight is 372 g/mol. The number of aromatic nitrogens is 2. The summed E-state index contributed by atoms with van der Waals surface area (Å²) in [5, 5.41) is 9.57. The van der Waals surface area contributed by atoms with Gasteiger partial charge in [0.25, 0.3) is 11.5 Å². The lowest BCUT2D eigenvalue weighted by molar-refractivity contribution is -0.141. The predicted octanol–water partition coefficient (Wildman–Crippen LogP) is 0.216. The highest BCUT2D eigenvalue weighted by Gasteiger charge is 2.30. The molecule has 4 rings (SSSR count). The summed E-state index contributed by atoms with van der Waals surface area (Å²) < 4.78 is 6.92. The average Bonchev–Trinajstić information content (AvgIpc) is 3.24. The minimum absolute atomic E-state index is 0.0972. The van der Waals surface area contributed by atoms with Crippen LogP contribution in [0.5, 0.6) is 0 Å². The Hall–Kier alpha value is -2.45. The molecule has 27 heavy (non-hydrogen) atoms. The van der Waals surface area contributed by atoms with E-state index in [0.29, 0.717) is 30.6 Å². The van der Waals surface area contributed by atoms with Crippen molar-refractivity contribution in [2.75, 3.05) is 44.3 Å². The van der Waals surface area contributed by atoms with Gasteiger partial charge in [0.2, 0.25) is 0 Å². The van der Waals surface area contributed by atoms with Crippen LogP contribution >= 0.6 is 0 Å².